The maximum Gasteiger partial charge on any atom is 0.357 e. The first kappa shape index (κ1) is 18.5. The van der Waals surface area contributed by atoms with Crippen molar-refractivity contribution in [3.8, 4) is 22.8 Å². The number of methoxy groups -OCH3 is 1. The molecule has 0 bridgehead atoms. The monoisotopic (exact) mass is 395 g/mol. The predicted octanol–water partition coefficient (Wildman–Crippen LogP) is 3.08. The fraction of sp³-hybridized carbons (Fsp3) is 0.200. The van der Waals surface area contributed by atoms with E-state index in [1.807, 2.05) is 24.3 Å². The van der Waals surface area contributed by atoms with E-state index in [2.05, 4.69) is 5.10 Å². The van der Waals surface area contributed by atoms with E-state index in [9.17, 15) is 14.9 Å². The molecule has 1 aromatic heterocycles. The van der Waals surface area contributed by atoms with Crippen LogP contribution < -0.4 is 9.47 Å². The van der Waals surface area contributed by atoms with Crippen molar-refractivity contribution in [3.63, 3.8) is 0 Å². The molecule has 0 radical (unpaired) electrons. The molecule has 1 unspecified atom stereocenters. The molecule has 2 heterocycles. The molecule has 0 spiro atoms. The number of hydrogen-bond acceptors (Lipinski definition) is 7. The average Bonchev–Trinajstić information content (AvgIpc) is 3.17. The lowest BCUT2D eigenvalue weighted by Crippen LogP contribution is -2.36. The lowest BCUT2D eigenvalue weighted by atomic mass is 10.1. The number of nitrogens with zero attached hydrogens (tertiary/aromatic N) is 3. The summed E-state index contributed by atoms with van der Waals surface area (Å²) in [5, 5.41) is 15.2. The molecule has 0 amide bonds. The van der Waals surface area contributed by atoms with Gasteiger partial charge in [-0.2, -0.15) is 5.10 Å². The van der Waals surface area contributed by atoms with Gasteiger partial charge in [0.05, 0.1) is 24.3 Å². The number of carbonyl (C=O) groups excluding carboxylic acids is 1. The van der Waals surface area contributed by atoms with Crippen molar-refractivity contribution in [3.05, 3.63) is 70.4 Å². The SMILES string of the molecule is COc1ccc(-c2cc3n(n2)CC(COc2ccc([N+](=O)[O-])cc2)OC3=O)cc1. The Labute approximate surface area is 165 Å². The Balaban J connectivity index is 1.44. The predicted molar refractivity (Wildman–Crippen MR) is 102 cm³/mol. The molecule has 1 atom stereocenters. The average molecular weight is 395 g/mol. The molecule has 9 heteroatoms. The van der Waals surface area contributed by atoms with Crippen LogP contribution in [-0.4, -0.2) is 40.5 Å². The van der Waals surface area contributed by atoms with E-state index >= 15 is 0 Å². The number of fused-ring (bicyclic) bond motifs is 1. The molecule has 0 N–H and O–H groups in total. The molecule has 1 aliphatic rings. The van der Waals surface area contributed by atoms with Crippen LogP contribution >= 0.6 is 0 Å². The minimum absolute atomic E-state index is 0.0197. The summed E-state index contributed by atoms with van der Waals surface area (Å²) >= 11 is 0. The Kier molecular flexibility index (Phi) is 4.86. The molecule has 4 rings (SSSR count). The van der Waals surface area contributed by atoms with Crippen LogP contribution in [0.1, 0.15) is 10.5 Å². The second-order valence-electron chi connectivity index (χ2n) is 6.41. The zero-order valence-electron chi connectivity index (χ0n) is 15.5. The highest BCUT2D eigenvalue weighted by Crippen LogP contribution is 2.25. The number of aromatic nitrogens is 2. The second kappa shape index (κ2) is 7.63. The largest absolute Gasteiger partial charge is 0.497 e. The van der Waals surface area contributed by atoms with Gasteiger partial charge in [0.15, 0.2) is 6.10 Å². The van der Waals surface area contributed by atoms with Gasteiger partial charge in [-0.15, -0.1) is 0 Å². The van der Waals surface area contributed by atoms with Crippen molar-refractivity contribution < 1.29 is 23.9 Å². The van der Waals surface area contributed by atoms with Gasteiger partial charge in [0.1, 0.15) is 23.8 Å². The van der Waals surface area contributed by atoms with E-state index in [0.29, 0.717) is 23.7 Å². The van der Waals surface area contributed by atoms with Crippen LogP contribution in [0.25, 0.3) is 11.3 Å². The Morgan fingerprint density at radius 2 is 1.86 bits per heavy atom. The van der Waals surface area contributed by atoms with E-state index in [1.165, 1.54) is 24.3 Å². The number of hydrogen-bond donors (Lipinski definition) is 0. The number of carbonyl (C=O) groups is 1. The summed E-state index contributed by atoms with van der Waals surface area (Å²) in [5.41, 5.74) is 1.88. The summed E-state index contributed by atoms with van der Waals surface area (Å²) in [7, 11) is 1.60. The lowest BCUT2D eigenvalue weighted by molar-refractivity contribution is -0.384. The molecule has 9 nitrogen and oxygen atoms in total. The number of nitro benzene ring substituents is 1. The van der Waals surface area contributed by atoms with Crippen molar-refractivity contribution in [2.45, 2.75) is 12.6 Å². The molecule has 0 saturated heterocycles. The number of benzene rings is 2. The first-order valence-electron chi connectivity index (χ1n) is 8.84. The fourth-order valence-electron chi connectivity index (χ4n) is 3.00. The first-order chi connectivity index (χ1) is 14.0. The molecule has 0 aliphatic carbocycles. The summed E-state index contributed by atoms with van der Waals surface area (Å²) < 4.78 is 17.8. The topological polar surface area (TPSA) is 106 Å². The molecule has 148 valence electrons. The summed E-state index contributed by atoms with van der Waals surface area (Å²) in [5.74, 6) is 0.721. The normalized spacial score (nSPS) is 15.3. The number of rotatable bonds is 6. The van der Waals surface area contributed by atoms with Crippen molar-refractivity contribution >= 4 is 11.7 Å². The second-order valence-corrected chi connectivity index (χ2v) is 6.41. The number of esters is 1. The van der Waals surface area contributed by atoms with Crippen LogP contribution in [0, 0.1) is 10.1 Å². The minimum Gasteiger partial charge on any atom is -0.497 e. The van der Waals surface area contributed by atoms with Crippen LogP contribution in [0.3, 0.4) is 0 Å². The Bertz CT molecular complexity index is 1040. The van der Waals surface area contributed by atoms with E-state index in [1.54, 1.807) is 17.9 Å². The van der Waals surface area contributed by atoms with Crippen molar-refractivity contribution in [2.75, 3.05) is 13.7 Å². The Hall–Kier alpha value is -3.88. The molecular formula is C20H17N3O6. The molecule has 29 heavy (non-hydrogen) atoms. The Morgan fingerprint density at radius 1 is 1.17 bits per heavy atom. The van der Waals surface area contributed by atoms with Gasteiger partial charge in [0.25, 0.3) is 5.69 Å². The Morgan fingerprint density at radius 3 is 2.52 bits per heavy atom. The first-order valence-corrected chi connectivity index (χ1v) is 8.84. The van der Waals surface area contributed by atoms with Crippen LogP contribution in [-0.2, 0) is 11.3 Å². The van der Waals surface area contributed by atoms with Crippen LogP contribution in [0.2, 0.25) is 0 Å². The van der Waals surface area contributed by atoms with Gasteiger partial charge in [0, 0.05) is 17.7 Å². The van der Waals surface area contributed by atoms with Gasteiger partial charge in [-0.05, 0) is 42.5 Å². The van der Waals surface area contributed by atoms with E-state index in [-0.39, 0.29) is 12.3 Å². The highest BCUT2D eigenvalue weighted by molar-refractivity contribution is 5.89. The zero-order chi connectivity index (χ0) is 20.4. The van der Waals surface area contributed by atoms with Gasteiger partial charge >= 0.3 is 5.97 Å². The van der Waals surface area contributed by atoms with E-state index < -0.39 is 17.0 Å². The molecule has 0 saturated carbocycles. The van der Waals surface area contributed by atoms with Gasteiger partial charge in [-0.25, -0.2) is 4.79 Å². The maximum atomic E-state index is 12.3. The van der Waals surface area contributed by atoms with E-state index in [0.717, 1.165) is 11.3 Å². The third-order valence-corrected chi connectivity index (χ3v) is 4.51. The smallest absolute Gasteiger partial charge is 0.357 e. The third-order valence-electron chi connectivity index (χ3n) is 4.51. The number of non-ortho nitro benzene ring substituents is 1. The summed E-state index contributed by atoms with van der Waals surface area (Å²) in [4.78, 5) is 22.6. The molecule has 2 aromatic carbocycles. The van der Waals surface area contributed by atoms with Crippen molar-refractivity contribution in [1.29, 1.82) is 0 Å². The summed E-state index contributed by atoms with van der Waals surface area (Å²) in [6.07, 6.45) is -0.520. The lowest BCUT2D eigenvalue weighted by Gasteiger charge is -2.23. The number of ether oxygens (including phenoxy) is 3. The van der Waals surface area contributed by atoms with Gasteiger partial charge in [-0.1, -0.05) is 0 Å². The minimum atomic E-state index is -0.520. The highest BCUT2D eigenvalue weighted by Gasteiger charge is 2.29. The van der Waals surface area contributed by atoms with Crippen molar-refractivity contribution in [2.24, 2.45) is 0 Å². The molecule has 0 fully saturated rings. The van der Waals surface area contributed by atoms with Gasteiger partial charge in [-0.3, -0.25) is 14.8 Å². The van der Waals surface area contributed by atoms with Crippen LogP contribution in [0.4, 0.5) is 5.69 Å². The van der Waals surface area contributed by atoms with Crippen molar-refractivity contribution in [1.82, 2.24) is 9.78 Å². The zero-order valence-corrected chi connectivity index (χ0v) is 15.5. The molecule has 3 aromatic rings. The molecular weight excluding hydrogens is 378 g/mol. The number of nitro groups is 1. The van der Waals surface area contributed by atoms with Gasteiger partial charge < -0.3 is 14.2 Å². The third kappa shape index (κ3) is 3.88. The van der Waals surface area contributed by atoms with E-state index in [4.69, 9.17) is 14.2 Å². The van der Waals surface area contributed by atoms with Gasteiger partial charge in [0.2, 0.25) is 0 Å². The maximum absolute atomic E-state index is 12.3. The highest BCUT2D eigenvalue weighted by atomic mass is 16.6. The summed E-state index contributed by atoms with van der Waals surface area (Å²) in [6, 6.07) is 14.8. The molecule has 1 aliphatic heterocycles. The standard InChI is InChI=1S/C20H17N3O6/c1-27-15-6-2-13(3-7-15)18-10-19-20(24)29-17(11-22(19)21-18)12-28-16-8-4-14(5-9-16)23(25)26/h2-10,17H,11-12H2,1H3. The quantitative estimate of drug-likeness (QED) is 0.359. The number of cyclic esters (lactones) is 1. The fourth-order valence-corrected chi connectivity index (χ4v) is 3.00. The van der Waals surface area contributed by atoms with Crippen LogP contribution in [0.15, 0.2) is 54.6 Å². The van der Waals surface area contributed by atoms with Crippen LogP contribution in [0.5, 0.6) is 11.5 Å². The summed E-state index contributed by atoms with van der Waals surface area (Å²) in [6.45, 7) is 0.463.